The van der Waals surface area contributed by atoms with E-state index in [1.165, 1.54) is 5.56 Å². The van der Waals surface area contributed by atoms with E-state index in [4.69, 9.17) is 0 Å². The maximum atomic E-state index is 12.6. The summed E-state index contributed by atoms with van der Waals surface area (Å²) in [7, 11) is 3.51. The first-order chi connectivity index (χ1) is 12.1. The van der Waals surface area contributed by atoms with Crippen molar-refractivity contribution in [2.45, 2.75) is 18.9 Å². The molecule has 26 heavy (non-hydrogen) atoms. The Kier molecular flexibility index (Phi) is 6.76. The number of anilines is 1. The van der Waals surface area contributed by atoms with E-state index in [2.05, 4.69) is 15.7 Å². The van der Waals surface area contributed by atoms with E-state index in [9.17, 15) is 9.59 Å². The van der Waals surface area contributed by atoms with Crippen LogP contribution in [0.4, 0.5) is 5.69 Å². The van der Waals surface area contributed by atoms with Crippen LogP contribution in [0.5, 0.6) is 0 Å². The monoisotopic (exact) mass is 377 g/mol. The predicted octanol–water partition coefficient (Wildman–Crippen LogP) is 1.20. The number of nitrogens with one attached hydrogen (secondary N) is 2. The molecule has 140 valence electrons. The van der Waals surface area contributed by atoms with E-state index in [1.54, 1.807) is 36.1 Å². The van der Waals surface area contributed by atoms with Gasteiger partial charge in [0.05, 0.1) is 12.7 Å². The standard InChI is InChI=1S/C18H23N5O2.ClH/c1-19-17(14-10-21-22(2)12-14)18(25)20-11-16(24)23-9-5-7-13-6-3-4-8-15(13)23;/h3-4,6,8,10,12,17,19H,5,7,9,11H2,1-2H3,(H,20,25);1H. The number of benzene rings is 1. The second-order valence-corrected chi connectivity index (χ2v) is 6.16. The first kappa shape index (κ1) is 19.9. The molecule has 1 aromatic heterocycles. The van der Waals surface area contributed by atoms with Gasteiger partial charge in [0.2, 0.25) is 11.8 Å². The number of amides is 2. The van der Waals surface area contributed by atoms with Gasteiger partial charge in [-0.15, -0.1) is 12.4 Å². The lowest BCUT2D eigenvalue weighted by molar-refractivity contribution is -0.126. The average Bonchev–Trinajstić information content (AvgIpc) is 3.05. The molecule has 0 spiro atoms. The van der Waals surface area contributed by atoms with Crippen molar-refractivity contribution < 1.29 is 9.59 Å². The topological polar surface area (TPSA) is 79.3 Å². The van der Waals surface area contributed by atoms with Gasteiger partial charge in [-0.05, 0) is 31.5 Å². The molecule has 7 nitrogen and oxygen atoms in total. The van der Waals surface area contributed by atoms with Crippen LogP contribution < -0.4 is 15.5 Å². The maximum absolute atomic E-state index is 12.6. The van der Waals surface area contributed by atoms with Crippen molar-refractivity contribution in [1.29, 1.82) is 0 Å². The molecule has 2 heterocycles. The minimum absolute atomic E-state index is 0. The molecule has 1 unspecified atom stereocenters. The second kappa shape index (κ2) is 8.82. The van der Waals surface area contributed by atoms with Crippen molar-refractivity contribution >= 4 is 29.9 Å². The van der Waals surface area contributed by atoms with Gasteiger partial charge in [-0.2, -0.15) is 5.10 Å². The lowest BCUT2D eigenvalue weighted by atomic mass is 10.0. The first-order valence-corrected chi connectivity index (χ1v) is 8.42. The number of rotatable bonds is 5. The molecule has 1 aliphatic rings. The number of carbonyl (C=O) groups excluding carboxylic acids is 2. The summed E-state index contributed by atoms with van der Waals surface area (Å²) in [6.45, 7) is 0.662. The Hall–Kier alpha value is -2.38. The zero-order chi connectivity index (χ0) is 17.8. The molecule has 3 rings (SSSR count). The molecule has 8 heteroatoms. The van der Waals surface area contributed by atoms with Gasteiger partial charge in [0.15, 0.2) is 0 Å². The summed E-state index contributed by atoms with van der Waals surface area (Å²) < 4.78 is 1.64. The average molecular weight is 378 g/mol. The number of likely N-dealkylation sites (N-methyl/N-ethyl adjacent to an activating group) is 1. The predicted molar refractivity (Wildman–Crippen MR) is 102 cm³/mol. The minimum Gasteiger partial charge on any atom is -0.345 e. The zero-order valence-electron chi connectivity index (χ0n) is 14.9. The number of hydrogen-bond acceptors (Lipinski definition) is 4. The van der Waals surface area contributed by atoms with Crippen molar-refractivity contribution in [3.05, 3.63) is 47.8 Å². The van der Waals surface area contributed by atoms with Crippen LogP contribution in [-0.4, -0.2) is 41.7 Å². The summed E-state index contributed by atoms with van der Waals surface area (Å²) in [4.78, 5) is 26.8. The molecule has 1 atom stereocenters. The van der Waals surface area contributed by atoms with Crippen molar-refractivity contribution in [2.24, 2.45) is 7.05 Å². The molecule has 0 saturated carbocycles. The fourth-order valence-corrected chi connectivity index (χ4v) is 3.19. The van der Waals surface area contributed by atoms with E-state index >= 15 is 0 Å². The second-order valence-electron chi connectivity index (χ2n) is 6.16. The Labute approximate surface area is 159 Å². The van der Waals surface area contributed by atoms with Crippen molar-refractivity contribution in [1.82, 2.24) is 20.4 Å². The molecule has 2 N–H and O–H groups in total. The van der Waals surface area contributed by atoms with Gasteiger partial charge in [0, 0.05) is 31.0 Å². The fraction of sp³-hybridized carbons (Fsp3) is 0.389. The highest BCUT2D eigenvalue weighted by molar-refractivity contribution is 5.98. The lowest BCUT2D eigenvalue weighted by Crippen LogP contribution is -2.45. The van der Waals surface area contributed by atoms with Gasteiger partial charge in [0.25, 0.3) is 0 Å². The summed E-state index contributed by atoms with van der Waals surface area (Å²) in [5, 5.41) is 9.78. The molecular weight excluding hydrogens is 354 g/mol. The van der Waals surface area contributed by atoms with Gasteiger partial charge in [-0.25, -0.2) is 0 Å². The molecule has 0 fully saturated rings. The van der Waals surface area contributed by atoms with Gasteiger partial charge in [-0.3, -0.25) is 14.3 Å². The number of halogens is 1. The van der Waals surface area contributed by atoms with E-state index in [-0.39, 0.29) is 30.8 Å². The molecular formula is C18H24ClN5O2. The zero-order valence-corrected chi connectivity index (χ0v) is 15.8. The van der Waals surface area contributed by atoms with Crippen LogP contribution >= 0.6 is 12.4 Å². The number of aryl methyl sites for hydroxylation is 2. The number of carbonyl (C=O) groups is 2. The normalized spacial score (nSPS) is 14.2. The molecule has 0 aliphatic carbocycles. The number of fused-ring (bicyclic) bond motifs is 1. The van der Waals surface area contributed by atoms with E-state index in [1.807, 2.05) is 24.3 Å². The SMILES string of the molecule is CNC(C(=O)NCC(=O)N1CCCc2ccccc21)c1cnn(C)c1.Cl. The first-order valence-electron chi connectivity index (χ1n) is 8.42. The number of hydrogen-bond donors (Lipinski definition) is 2. The highest BCUT2D eigenvalue weighted by atomic mass is 35.5. The summed E-state index contributed by atoms with van der Waals surface area (Å²) >= 11 is 0. The summed E-state index contributed by atoms with van der Waals surface area (Å²) in [5.41, 5.74) is 2.89. The number of nitrogens with zero attached hydrogens (tertiary/aromatic N) is 3. The molecule has 2 amide bonds. The van der Waals surface area contributed by atoms with Crippen LogP contribution in [0.1, 0.15) is 23.6 Å². The van der Waals surface area contributed by atoms with E-state index in [0.717, 1.165) is 24.1 Å². The third-order valence-corrected chi connectivity index (χ3v) is 4.43. The highest BCUT2D eigenvalue weighted by Gasteiger charge is 2.24. The maximum Gasteiger partial charge on any atom is 0.246 e. The molecule has 1 aromatic carbocycles. The Bertz CT molecular complexity index is 776. The summed E-state index contributed by atoms with van der Waals surface area (Å²) in [5.74, 6) is -0.337. The van der Waals surface area contributed by atoms with Crippen molar-refractivity contribution in [3.63, 3.8) is 0 Å². The van der Waals surface area contributed by atoms with Crippen LogP contribution in [-0.2, 0) is 23.1 Å². The summed E-state index contributed by atoms with van der Waals surface area (Å²) in [6.07, 6.45) is 5.34. The van der Waals surface area contributed by atoms with Crippen molar-refractivity contribution in [2.75, 3.05) is 25.0 Å². The molecule has 1 aliphatic heterocycles. The van der Waals surface area contributed by atoms with Crippen molar-refractivity contribution in [3.8, 4) is 0 Å². The Morgan fingerprint density at radius 3 is 2.77 bits per heavy atom. The minimum atomic E-state index is -0.532. The Balaban J connectivity index is 0.00000243. The van der Waals surface area contributed by atoms with E-state index < -0.39 is 6.04 Å². The van der Waals surface area contributed by atoms with Crippen LogP contribution in [0, 0.1) is 0 Å². The largest absolute Gasteiger partial charge is 0.345 e. The van der Waals surface area contributed by atoms with Gasteiger partial charge in [-0.1, -0.05) is 18.2 Å². The third-order valence-electron chi connectivity index (χ3n) is 4.43. The molecule has 2 aromatic rings. The van der Waals surface area contributed by atoms with Gasteiger partial charge >= 0.3 is 0 Å². The molecule has 0 bridgehead atoms. The fourth-order valence-electron chi connectivity index (χ4n) is 3.19. The molecule has 0 saturated heterocycles. The van der Waals surface area contributed by atoms with Crippen LogP contribution in [0.25, 0.3) is 0 Å². The van der Waals surface area contributed by atoms with Gasteiger partial charge < -0.3 is 15.5 Å². The number of aromatic nitrogens is 2. The Morgan fingerprint density at radius 1 is 1.31 bits per heavy atom. The third kappa shape index (κ3) is 4.23. The highest BCUT2D eigenvalue weighted by Crippen LogP contribution is 2.26. The quantitative estimate of drug-likeness (QED) is 0.820. The Morgan fingerprint density at radius 2 is 2.08 bits per heavy atom. The van der Waals surface area contributed by atoms with Gasteiger partial charge in [0.1, 0.15) is 6.04 Å². The number of para-hydroxylation sites is 1. The summed E-state index contributed by atoms with van der Waals surface area (Å²) in [6, 6.07) is 7.39. The van der Waals surface area contributed by atoms with Crippen LogP contribution in [0.15, 0.2) is 36.7 Å². The molecule has 0 radical (unpaired) electrons. The smallest absolute Gasteiger partial charge is 0.246 e. The lowest BCUT2D eigenvalue weighted by Gasteiger charge is -2.29. The van der Waals surface area contributed by atoms with Crippen LogP contribution in [0.3, 0.4) is 0 Å². The van der Waals surface area contributed by atoms with E-state index in [0.29, 0.717) is 6.54 Å². The van der Waals surface area contributed by atoms with Crippen LogP contribution in [0.2, 0.25) is 0 Å².